The van der Waals surface area contributed by atoms with Crippen molar-refractivity contribution < 1.29 is 0 Å². The summed E-state index contributed by atoms with van der Waals surface area (Å²) < 4.78 is 1.30. The molecule has 1 aliphatic rings. The minimum absolute atomic E-state index is 0.467. The van der Waals surface area contributed by atoms with Gasteiger partial charge in [-0.1, -0.05) is 12.8 Å². The van der Waals surface area contributed by atoms with Crippen LogP contribution in [0, 0.1) is 5.92 Å². The van der Waals surface area contributed by atoms with Crippen LogP contribution in [-0.4, -0.2) is 12.0 Å². The molecular weight excluding hydrogens is 228 g/mol. The van der Waals surface area contributed by atoms with Crippen molar-refractivity contribution in [1.82, 2.24) is 10.3 Å². The Morgan fingerprint density at radius 2 is 2.41 bits per heavy atom. The van der Waals surface area contributed by atoms with E-state index in [2.05, 4.69) is 34.9 Å². The maximum atomic E-state index is 4.52. The number of thiophene rings is 1. The second kappa shape index (κ2) is 4.75. The largest absolute Gasteiger partial charge is 0.313 e. The van der Waals surface area contributed by atoms with Gasteiger partial charge in [-0.25, -0.2) is 0 Å². The summed E-state index contributed by atoms with van der Waals surface area (Å²) in [5, 5.41) is 5.53. The molecule has 1 atom stereocenters. The van der Waals surface area contributed by atoms with Crippen molar-refractivity contribution in [3.8, 4) is 0 Å². The average Bonchev–Trinajstić information content (AvgIpc) is 3.06. The molecule has 0 radical (unpaired) electrons. The molecule has 2 heterocycles. The first kappa shape index (κ1) is 11.2. The predicted molar refractivity (Wildman–Crippen MR) is 73.4 cm³/mol. The molecule has 90 valence electrons. The zero-order chi connectivity index (χ0) is 11.7. The van der Waals surface area contributed by atoms with Crippen molar-refractivity contribution in [2.24, 2.45) is 5.92 Å². The normalized spacial score (nSPS) is 17.5. The lowest BCUT2D eigenvalue weighted by Crippen LogP contribution is -2.16. The molecule has 17 heavy (non-hydrogen) atoms. The molecule has 3 heteroatoms. The van der Waals surface area contributed by atoms with Gasteiger partial charge in [0.1, 0.15) is 0 Å². The van der Waals surface area contributed by atoms with Crippen molar-refractivity contribution in [3.63, 3.8) is 0 Å². The van der Waals surface area contributed by atoms with Crippen molar-refractivity contribution in [2.75, 3.05) is 7.05 Å². The Hall–Kier alpha value is -0.930. The molecule has 0 aliphatic heterocycles. The smallest absolute Gasteiger partial charge is 0.0809 e. The van der Waals surface area contributed by atoms with Gasteiger partial charge < -0.3 is 5.32 Å². The van der Waals surface area contributed by atoms with E-state index in [1.165, 1.54) is 35.9 Å². The van der Waals surface area contributed by atoms with Crippen LogP contribution in [0.25, 0.3) is 10.2 Å². The second-order valence-electron chi connectivity index (χ2n) is 4.93. The lowest BCUT2D eigenvalue weighted by Gasteiger charge is -2.16. The Morgan fingerprint density at radius 1 is 1.53 bits per heavy atom. The fourth-order valence-electron chi connectivity index (χ4n) is 2.34. The first-order chi connectivity index (χ1) is 8.36. The number of nitrogens with zero attached hydrogens (tertiary/aromatic N) is 1. The third-order valence-electron chi connectivity index (χ3n) is 3.64. The Labute approximate surface area is 106 Å². The van der Waals surface area contributed by atoms with Crippen LogP contribution in [0.1, 0.15) is 37.3 Å². The fourth-order valence-corrected chi connectivity index (χ4v) is 3.13. The highest BCUT2D eigenvalue weighted by Gasteiger charge is 2.22. The van der Waals surface area contributed by atoms with Gasteiger partial charge >= 0.3 is 0 Å². The maximum Gasteiger partial charge on any atom is 0.0809 e. The van der Waals surface area contributed by atoms with Crippen LogP contribution in [0.4, 0.5) is 0 Å². The topological polar surface area (TPSA) is 24.9 Å². The first-order valence-corrected chi connectivity index (χ1v) is 7.25. The average molecular weight is 246 g/mol. The fraction of sp³-hybridized carbons (Fsp3) is 0.500. The highest BCUT2D eigenvalue weighted by molar-refractivity contribution is 7.17. The van der Waals surface area contributed by atoms with E-state index in [1.807, 2.05) is 6.20 Å². The van der Waals surface area contributed by atoms with Crippen molar-refractivity contribution >= 4 is 21.6 Å². The molecule has 2 aromatic rings. The summed E-state index contributed by atoms with van der Waals surface area (Å²) >= 11 is 1.78. The first-order valence-electron chi connectivity index (χ1n) is 6.37. The van der Waals surface area contributed by atoms with Gasteiger partial charge in [0.2, 0.25) is 0 Å². The molecule has 1 aliphatic carbocycles. The maximum absolute atomic E-state index is 4.52. The van der Waals surface area contributed by atoms with Crippen LogP contribution in [0.5, 0.6) is 0 Å². The van der Waals surface area contributed by atoms with Gasteiger partial charge in [0.05, 0.1) is 10.2 Å². The molecule has 1 fully saturated rings. The molecule has 1 unspecified atom stereocenters. The number of fused-ring (bicyclic) bond motifs is 1. The van der Waals surface area contributed by atoms with Gasteiger partial charge in [-0.3, -0.25) is 4.98 Å². The molecule has 1 saturated carbocycles. The van der Waals surface area contributed by atoms with E-state index >= 15 is 0 Å². The van der Waals surface area contributed by atoms with E-state index in [-0.39, 0.29) is 0 Å². The Morgan fingerprint density at radius 3 is 3.18 bits per heavy atom. The van der Waals surface area contributed by atoms with Crippen LogP contribution < -0.4 is 5.32 Å². The van der Waals surface area contributed by atoms with E-state index in [0.717, 1.165) is 11.4 Å². The van der Waals surface area contributed by atoms with E-state index in [0.29, 0.717) is 6.04 Å². The third-order valence-corrected chi connectivity index (χ3v) is 4.49. The predicted octanol–water partition coefficient (Wildman–Crippen LogP) is 3.75. The van der Waals surface area contributed by atoms with Crippen molar-refractivity contribution in [1.29, 1.82) is 0 Å². The number of pyridine rings is 1. The van der Waals surface area contributed by atoms with Gasteiger partial charge in [0.25, 0.3) is 0 Å². The highest BCUT2D eigenvalue weighted by atomic mass is 32.1. The van der Waals surface area contributed by atoms with E-state index in [4.69, 9.17) is 0 Å². The monoisotopic (exact) mass is 246 g/mol. The molecule has 0 amide bonds. The minimum Gasteiger partial charge on any atom is -0.313 e. The van der Waals surface area contributed by atoms with E-state index < -0.39 is 0 Å². The summed E-state index contributed by atoms with van der Waals surface area (Å²) in [7, 11) is 2.05. The zero-order valence-corrected chi connectivity index (χ0v) is 11.0. The number of aromatic nitrogens is 1. The van der Waals surface area contributed by atoms with Crippen LogP contribution >= 0.6 is 11.3 Å². The molecule has 3 rings (SSSR count). The molecule has 2 nitrogen and oxygen atoms in total. The van der Waals surface area contributed by atoms with E-state index in [1.54, 1.807) is 11.3 Å². The molecule has 0 bridgehead atoms. The van der Waals surface area contributed by atoms with Gasteiger partial charge in [-0.05, 0) is 48.9 Å². The van der Waals surface area contributed by atoms with Crippen LogP contribution in [-0.2, 0) is 0 Å². The molecule has 0 spiro atoms. The quantitative estimate of drug-likeness (QED) is 0.869. The number of rotatable bonds is 5. The Balaban J connectivity index is 1.78. The Bertz CT molecular complexity index is 502. The Kier molecular flexibility index (Phi) is 3.12. The van der Waals surface area contributed by atoms with Crippen molar-refractivity contribution in [3.05, 3.63) is 29.3 Å². The molecule has 0 aromatic carbocycles. The van der Waals surface area contributed by atoms with E-state index in [9.17, 15) is 0 Å². The van der Waals surface area contributed by atoms with Gasteiger partial charge in [-0.2, -0.15) is 0 Å². The summed E-state index contributed by atoms with van der Waals surface area (Å²) in [4.78, 5) is 4.52. The standard InChI is InChI=1S/C14H18N2S/c1-15-12(5-4-10-2-3-10)11-8-14-13(16-9-11)6-7-17-14/h6-10,12,15H,2-5H2,1H3. The van der Waals surface area contributed by atoms with Gasteiger partial charge in [0, 0.05) is 12.2 Å². The molecule has 1 N–H and O–H groups in total. The van der Waals surface area contributed by atoms with Gasteiger partial charge in [-0.15, -0.1) is 11.3 Å². The van der Waals surface area contributed by atoms with Gasteiger partial charge in [0.15, 0.2) is 0 Å². The number of hydrogen-bond acceptors (Lipinski definition) is 3. The summed E-state index contributed by atoms with van der Waals surface area (Å²) in [5.74, 6) is 1.00. The minimum atomic E-state index is 0.467. The molecule has 0 saturated heterocycles. The third kappa shape index (κ3) is 2.50. The number of hydrogen-bond donors (Lipinski definition) is 1. The summed E-state index contributed by atoms with van der Waals surface area (Å²) in [6.07, 6.45) is 7.51. The summed E-state index contributed by atoms with van der Waals surface area (Å²) in [6, 6.07) is 4.85. The van der Waals surface area contributed by atoms with Crippen LogP contribution in [0.15, 0.2) is 23.7 Å². The summed E-state index contributed by atoms with van der Waals surface area (Å²) in [6.45, 7) is 0. The SMILES string of the molecule is CNC(CCC1CC1)c1cnc2ccsc2c1. The summed E-state index contributed by atoms with van der Waals surface area (Å²) in [5.41, 5.74) is 2.46. The lowest BCUT2D eigenvalue weighted by molar-refractivity contribution is 0.506. The number of nitrogens with one attached hydrogen (secondary N) is 1. The lowest BCUT2D eigenvalue weighted by atomic mass is 10.0. The highest BCUT2D eigenvalue weighted by Crippen LogP contribution is 2.36. The van der Waals surface area contributed by atoms with Crippen LogP contribution in [0.3, 0.4) is 0 Å². The zero-order valence-electron chi connectivity index (χ0n) is 10.1. The molecule has 2 aromatic heterocycles. The second-order valence-corrected chi connectivity index (χ2v) is 5.88. The molecular formula is C14H18N2S. The van der Waals surface area contributed by atoms with Crippen molar-refractivity contribution in [2.45, 2.75) is 31.7 Å². The van der Waals surface area contributed by atoms with Crippen LogP contribution in [0.2, 0.25) is 0 Å².